The summed E-state index contributed by atoms with van der Waals surface area (Å²) in [5.74, 6) is 0. The summed E-state index contributed by atoms with van der Waals surface area (Å²) in [5, 5.41) is 0. The zero-order valence-corrected chi connectivity index (χ0v) is 7.47. The van der Waals surface area contributed by atoms with Crippen molar-refractivity contribution in [3.63, 3.8) is 0 Å². The number of rotatable bonds is 1. The Morgan fingerprint density at radius 3 is 2.20 bits per heavy atom. The second kappa shape index (κ2) is 4.34. The van der Waals surface area contributed by atoms with Crippen molar-refractivity contribution < 1.29 is 14.3 Å². The van der Waals surface area contributed by atoms with E-state index in [-0.39, 0.29) is 6.07 Å². The second-order valence-corrected chi connectivity index (χ2v) is 3.45. The Hall–Kier alpha value is 0.430. The van der Waals surface area contributed by atoms with E-state index in [1.807, 2.05) is 0 Å². The number of carbonyl (C=O) groups is 1. The van der Waals surface area contributed by atoms with Gasteiger partial charge in [0.2, 0.25) is 0 Å². The van der Waals surface area contributed by atoms with Gasteiger partial charge in [0.15, 0.2) is 6.07 Å². The Kier molecular flexibility index (Phi) is 4.52. The van der Waals surface area contributed by atoms with Gasteiger partial charge in [-0.1, -0.05) is 11.6 Å². The summed E-state index contributed by atoms with van der Waals surface area (Å²) in [5.41, 5.74) is 0. The van der Waals surface area contributed by atoms with Crippen LogP contribution in [0.4, 0.5) is 4.79 Å². The topological polar surface area (TPSA) is 35.5 Å². The van der Waals surface area contributed by atoms with Gasteiger partial charge in [-0.2, -0.15) is 0 Å². The summed E-state index contributed by atoms with van der Waals surface area (Å²) >= 11 is 20.1. The van der Waals surface area contributed by atoms with Gasteiger partial charge in [-0.15, -0.1) is 0 Å². The van der Waals surface area contributed by atoms with Gasteiger partial charge in [0.1, 0.15) is 0 Å². The summed E-state index contributed by atoms with van der Waals surface area (Å²) < 4.78 is 6.00. The highest BCUT2D eigenvalue weighted by molar-refractivity contribution is 6.66. The largest absolute Gasteiger partial charge is 0.513 e. The molecular formula is C3H2Cl4O3. The van der Waals surface area contributed by atoms with E-state index in [1.165, 1.54) is 0 Å². The van der Waals surface area contributed by atoms with Crippen LogP contribution in [0.15, 0.2) is 0 Å². The fourth-order valence-corrected chi connectivity index (χ4v) is 0.447. The molecule has 0 saturated carbocycles. The molecular weight excluding hydrogens is 226 g/mol. The monoisotopic (exact) mass is 226 g/mol. The molecule has 0 N–H and O–H groups in total. The third-order valence-corrected chi connectivity index (χ3v) is 0.712. The van der Waals surface area contributed by atoms with Crippen LogP contribution in [0.5, 0.6) is 0 Å². The van der Waals surface area contributed by atoms with Gasteiger partial charge in [-0.05, 0) is 34.8 Å². The zero-order chi connectivity index (χ0) is 8.20. The molecule has 60 valence electrons. The van der Waals surface area contributed by atoms with Crippen molar-refractivity contribution in [1.29, 1.82) is 0 Å². The molecule has 0 heterocycles. The lowest BCUT2D eigenvalue weighted by Gasteiger charge is -2.09. The minimum Gasteiger partial charge on any atom is -0.418 e. The van der Waals surface area contributed by atoms with E-state index in [0.717, 1.165) is 0 Å². The van der Waals surface area contributed by atoms with Gasteiger partial charge in [0, 0.05) is 0 Å². The van der Waals surface area contributed by atoms with E-state index in [0.29, 0.717) is 0 Å². The van der Waals surface area contributed by atoms with Crippen LogP contribution in [0.25, 0.3) is 0 Å². The van der Waals surface area contributed by atoms with Crippen LogP contribution in [-0.4, -0.2) is 16.2 Å². The highest BCUT2D eigenvalue weighted by Crippen LogP contribution is 2.27. The van der Waals surface area contributed by atoms with E-state index in [2.05, 4.69) is 9.47 Å². The Labute approximate surface area is 77.1 Å². The molecule has 7 heteroatoms. The lowest BCUT2D eigenvalue weighted by Crippen LogP contribution is -2.16. The number of alkyl halides is 4. The molecule has 0 fully saturated rings. The van der Waals surface area contributed by atoms with Crippen molar-refractivity contribution in [3.8, 4) is 0 Å². The molecule has 0 bridgehead atoms. The number of halogens is 4. The zero-order valence-electron chi connectivity index (χ0n) is 4.44. The minimum absolute atomic E-state index is 0.348. The molecule has 0 aliphatic carbocycles. The normalized spacial score (nSPS) is 10.8. The average molecular weight is 228 g/mol. The molecule has 0 aromatic heterocycles. The lowest BCUT2D eigenvalue weighted by atomic mass is 11.3. The summed E-state index contributed by atoms with van der Waals surface area (Å²) in [6, 6.07) is -0.348. The van der Waals surface area contributed by atoms with Crippen molar-refractivity contribution in [2.45, 2.75) is 3.98 Å². The third kappa shape index (κ3) is 6.55. The number of hydrogen-bond acceptors (Lipinski definition) is 3. The number of carbonyl (C=O) groups excluding carboxylic acids is 1. The molecule has 0 saturated heterocycles. The molecule has 3 nitrogen and oxygen atoms in total. The first-order valence-electron chi connectivity index (χ1n) is 1.94. The van der Waals surface area contributed by atoms with Crippen LogP contribution in [0.3, 0.4) is 0 Å². The number of hydrogen-bond donors (Lipinski definition) is 0. The van der Waals surface area contributed by atoms with E-state index < -0.39 is 10.1 Å². The summed E-state index contributed by atoms with van der Waals surface area (Å²) in [4.78, 5) is 10.3. The molecule has 0 aliphatic heterocycles. The molecule has 10 heavy (non-hydrogen) atoms. The lowest BCUT2D eigenvalue weighted by molar-refractivity contribution is 0.0655. The van der Waals surface area contributed by atoms with E-state index in [1.54, 1.807) is 0 Å². The molecule has 0 aromatic carbocycles. The molecule has 0 spiro atoms. The van der Waals surface area contributed by atoms with Crippen LogP contribution in [0, 0.1) is 0 Å². The van der Waals surface area contributed by atoms with Crippen LogP contribution < -0.4 is 0 Å². The predicted octanol–water partition coefficient (Wildman–Crippen LogP) is 2.66. The van der Waals surface area contributed by atoms with Crippen LogP contribution in [0.2, 0.25) is 0 Å². The standard InChI is InChI=1S/C3H2Cl4O3/c4-1-9-2(8)10-3(5,6)7/h1H2. The smallest absolute Gasteiger partial charge is 0.418 e. The quantitative estimate of drug-likeness (QED) is 0.511. The van der Waals surface area contributed by atoms with E-state index in [9.17, 15) is 4.79 Å². The fourth-order valence-electron chi connectivity index (χ4n) is 0.168. The van der Waals surface area contributed by atoms with Gasteiger partial charge in [0.25, 0.3) is 0 Å². The number of ether oxygens (including phenoxy) is 2. The van der Waals surface area contributed by atoms with Crippen LogP contribution >= 0.6 is 46.4 Å². The molecule has 0 atom stereocenters. The van der Waals surface area contributed by atoms with Crippen molar-refractivity contribution >= 4 is 52.6 Å². The molecule has 0 aliphatic rings. The van der Waals surface area contributed by atoms with Gasteiger partial charge >= 0.3 is 10.1 Å². The summed E-state index contributed by atoms with van der Waals surface area (Å²) in [6.07, 6.45) is -1.13. The summed E-state index contributed by atoms with van der Waals surface area (Å²) in [6.45, 7) is 0. The Balaban J connectivity index is 3.58. The minimum atomic E-state index is -2.09. The SMILES string of the molecule is O=C(OCCl)OC(Cl)(Cl)Cl. The molecule has 0 unspecified atom stereocenters. The van der Waals surface area contributed by atoms with Gasteiger partial charge in [-0.3, -0.25) is 0 Å². The van der Waals surface area contributed by atoms with Crippen LogP contribution in [0.1, 0.15) is 0 Å². The first-order chi connectivity index (χ1) is 4.45. The molecule has 0 aromatic rings. The maximum atomic E-state index is 10.3. The van der Waals surface area contributed by atoms with Gasteiger partial charge < -0.3 is 9.47 Å². The van der Waals surface area contributed by atoms with Gasteiger partial charge in [0.05, 0.1) is 0 Å². The maximum Gasteiger partial charge on any atom is 0.513 e. The molecule has 0 rings (SSSR count). The van der Waals surface area contributed by atoms with Crippen molar-refractivity contribution in [2.24, 2.45) is 0 Å². The third-order valence-electron chi connectivity index (χ3n) is 0.371. The Morgan fingerprint density at radius 1 is 1.40 bits per heavy atom. The van der Waals surface area contributed by atoms with Crippen molar-refractivity contribution in [3.05, 3.63) is 0 Å². The Morgan fingerprint density at radius 2 is 1.90 bits per heavy atom. The van der Waals surface area contributed by atoms with E-state index in [4.69, 9.17) is 46.4 Å². The van der Waals surface area contributed by atoms with Crippen molar-refractivity contribution in [2.75, 3.05) is 6.07 Å². The Bertz CT molecular complexity index is 119. The molecule has 0 radical (unpaired) electrons. The second-order valence-electron chi connectivity index (χ2n) is 1.05. The van der Waals surface area contributed by atoms with Crippen LogP contribution in [-0.2, 0) is 9.47 Å². The first-order valence-corrected chi connectivity index (χ1v) is 3.61. The van der Waals surface area contributed by atoms with Crippen molar-refractivity contribution in [1.82, 2.24) is 0 Å². The highest BCUT2D eigenvalue weighted by Gasteiger charge is 2.25. The predicted molar refractivity (Wildman–Crippen MR) is 38.6 cm³/mol. The highest BCUT2D eigenvalue weighted by atomic mass is 35.6. The first kappa shape index (κ1) is 10.4. The fraction of sp³-hybridized carbons (Fsp3) is 0.667. The summed E-state index contributed by atoms with van der Waals surface area (Å²) in [7, 11) is 0. The van der Waals surface area contributed by atoms with Gasteiger partial charge in [-0.25, -0.2) is 4.79 Å². The average Bonchev–Trinajstić information content (AvgIpc) is 1.59. The molecule has 0 amide bonds. The van der Waals surface area contributed by atoms with E-state index >= 15 is 0 Å². The maximum absolute atomic E-state index is 10.3.